The number of amides is 1. The van der Waals surface area contributed by atoms with Gasteiger partial charge in [-0.1, -0.05) is 18.2 Å². The Bertz CT molecular complexity index is 699. The van der Waals surface area contributed by atoms with E-state index in [0.29, 0.717) is 5.75 Å². The second-order valence-corrected chi connectivity index (χ2v) is 5.20. The number of carbonyl (C=O) groups excluding carboxylic acids is 1. The van der Waals surface area contributed by atoms with Crippen molar-refractivity contribution < 1.29 is 13.9 Å². The third kappa shape index (κ3) is 2.27. The van der Waals surface area contributed by atoms with Crippen molar-refractivity contribution in [3.8, 4) is 5.75 Å². The molecule has 0 fully saturated rings. The molecule has 2 aromatic rings. The molecule has 1 aliphatic rings. The fraction of sp³-hybridized carbons (Fsp3) is 0.235. The van der Waals surface area contributed by atoms with E-state index in [0.717, 1.165) is 17.7 Å². The highest BCUT2D eigenvalue weighted by Gasteiger charge is 2.32. The standard InChI is InChI=1S/C17H16FNO2/c1-11-9-12-5-3-4-6-15(12)19(11)17(20)14-10-13(18)7-8-16(14)21-2/h3-8,10-11H,9H2,1-2H3. The number of ether oxygens (including phenoxy) is 1. The van der Waals surface area contributed by atoms with Crippen LogP contribution < -0.4 is 9.64 Å². The quantitative estimate of drug-likeness (QED) is 0.846. The van der Waals surface area contributed by atoms with Gasteiger partial charge >= 0.3 is 0 Å². The number of carbonyl (C=O) groups is 1. The van der Waals surface area contributed by atoms with E-state index in [9.17, 15) is 9.18 Å². The summed E-state index contributed by atoms with van der Waals surface area (Å²) in [6.07, 6.45) is 0.805. The maximum absolute atomic E-state index is 13.5. The highest BCUT2D eigenvalue weighted by atomic mass is 19.1. The molecule has 0 spiro atoms. The van der Waals surface area contributed by atoms with E-state index in [-0.39, 0.29) is 17.5 Å². The summed E-state index contributed by atoms with van der Waals surface area (Å²) in [7, 11) is 1.48. The molecule has 0 N–H and O–H groups in total. The summed E-state index contributed by atoms with van der Waals surface area (Å²) in [6, 6.07) is 11.8. The van der Waals surface area contributed by atoms with Crippen LogP contribution in [0.2, 0.25) is 0 Å². The first-order chi connectivity index (χ1) is 10.1. The van der Waals surface area contributed by atoms with Gasteiger partial charge in [-0.15, -0.1) is 0 Å². The van der Waals surface area contributed by atoms with Crippen LogP contribution in [0.3, 0.4) is 0 Å². The third-order valence-corrected chi connectivity index (χ3v) is 3.82. The lowest BCUT2D eigenvalue weighted by molar-refractivity contribution is 0.0978. The topological polar surface area (TPSA) is 29.5 Å². The minimum Gasteiger partial charge on any atom is -0.496 e. The van der Waals surface area contributed by atoms with Crippen molar-refractivity contribution in [1.82, 2.24) is 0 Å². The van der Waals surface area contributed by atoms with Gasteiger partial charge in [0.1, 0.15) is 11.6 Å². The van der Waals surface area contributed by atoms with Crippen molar-refractivity contribution in [2.75, 3.05) is 12.0 Å². The third-order valence-electron chi connectivity index (χ3n) is 3.82. The molecule has 1 unspecified atom stereocenters. The number of hydrogen-bond donors (Lipinski definition) is 0. The maximum atomic E-state index is 13.5. The zero-order valence-electron chi connectivity index (χ0n) is 12.0. The van der Waals surface area contributed by atoms with Gasteiger partial charge in [-0.3, -0.25) is 4.79 Å². The van der Waals surface area contributed by atoms with Crippen molar-refractivity contribution in [2.45, 2.75) is 19.4 Å². The van der Waals surface area contributed by atoms with Gasteiger partial charge in [0, 0.05) is 11.7 Å². The number of halogens is 1. The lowest BCUT2D eigenvalue weighted by Crippen LogP contribution is -2.36. The Kier molecular flexibility index (Phi) is 3.37. The number of anilines is 1. The van der Waals surface area contributed by atoms with E-state index >= 15 is 0 Å². The molecule has 1 aliphatic heterocycles. The number of methoxy groups -OCH3 is 1. The van der Waals surface area contributed by atoms with Crippen LogP contribution in [0.15, 0.2) is 42.5 Å². The van der Waals surface area contributed by atoms with Crippen molar-refractivity contribution in [3.05, 3.63) is 59.4 Å². The van der Waals surface area contributed by atoms with Crippen molar-refractivity contribution in [3.63, 3.8) is 0 Å². The van der Waals surface area contributed by atoms with Gasteiger partial charge in [0.25, 0.3) is 5.91 Å². The monoisotopic (exact) mass is 285 g/mol. The van der Waals surface area contributed by atoms with Crippen molar-refractivity contribution in [1.29, 1.82) is 0 Å². The lowest BCUT2D eigenvalue weighted by atomic mass is 10.1. The Balaban J connectivity index is 2.05. The maximum Gasteiger partial charge on any atom is 0.262 e. The van der Waals surface area contributed by atoms with Crippen LogP contribution in [0, 0.1) is 5.82 Å². The summed E-state index contributed by atoms with van der Waals surface area (Å²) < 4.78 is 18.7. The van der Waals surface area contributed by atoms with Crippen LogP contribution in [-0.2, 0) is 6.42 Å². The smallest absolute Gasteiger partial charge is 0.262 e. The molecule has 3 nitrogen and oxygen atoms in total. The summed E-state index contributed by atoms with van der Waals surface area (Å²) in [4.78, 5) is 14.5. The summed E-state index contributed by atoms with van der Waals surface area (Å²) in [5, 5.41) is 0. The number of nitrogens with zero attached hydrogens (tertiary/aromatic N) is 1. The van der Waals surface area contributed by atoms with E-state index < -0.39 is 5.82 Å². The lowest BCUT2D eigenvalue weighted by Gasteiger charge is -2.23. The Morgan fingerprint density at radius 1 is 1.29 bits per heavy atom. The number of benzene rings is 2. The number of rotatable bonds is 2. The molecule has 0 aliphatic carbocycles. The molecule has 21 heavy (non-hydrogen) atoms. The van der Waals surface area contributed by atoms with Gasteiger partial charge in [0.05, 0.1) is 12.7 Å². The van der Waals surface area contributed by atoms with E-state index in [1.165, 1.54) is 25.3 Å². The molecule has 0 radical (unpaired) electrons. The minimum atomic E-state index is -0.445. The highest BCUT2D eigenvalue weighted by Crippen LogP contribution is 2.34. The fourth-order valence-corrected chi connectivity index (χ4v) is 2.85. The number of fused-ring (bicyclic) bond motifs is 1. The van der Waals surface area contributed by atoms with E-state index in [4.69, 9.17) is 4.74 Å². The van der Waals surface area contributed by atoms with Crippen LogP contribution >= 0.6 is 0 Å². The molecule has 4 heteroatoms. The molecular formula is C17H16FNO2. The number of para-hydroxylation sites is 1. The van der Waals surface area contributed by atoms with Gasteiger partial charge in [-0.2, -0.15) is 0 Å². The van der Waals surface area contributed by atoms with E-state index in [2.05, 4.69) is 0 Å². The average molecular weight is 285 g/mol. The molecule has 0 aromatic heterocycles. The predicted octanol–water partition coefficient (Wildman–Crippen LogP) is 3.43. The molecule has 3 rings (SSSR count). The van der Waals surface area contributed by atoms with Crippen LogP contribution in [0.1, 0.15) is 22.8 Å². The zero-order chi connectivity index (χ0) is 15.0. The zero-order valence-corrected chi connectivity index (χ0v) is 12.0. The van der Waals surface area contributed by atoms with Crippen LogP contribution in [0.5, 0.6) is 5.75 Å². The second-order valence-electron chi connectivity index (χ2n) is 5.20. The van der Waals surface area contributed by atoms with Crippen LogP contribution in [-0.4, -0.2) is 19.1 Å². The Hall–Kier alpha value is -2.36. The molecule has 0 saturated carbocycles. The minimum absolute atomic E-state index is 0.0443. The molecule has 1 amide bonds. The second kappa shape index (κ2) is 5.20. The molecule has 1 atom stereocenters. The van der Waals surface area contributed by atoms with Crippen molar-refractivity contribution >= 4 is 11.6 Å². The van der Waals surface area contributed by atoms with Gasteiger partial charge in [0.2, 0.25) is 0 Å². The van der Waals surface area contributed by atoms with Gasteiger partial charge in [-0.05, 0) is 43.2 Å². The van der Waals surface area contributed by atoms with Gasteiger partial charge in [0.15, 0.2) is 0 Å². The highest BCUT2D eigenvalue weighted by molar-refractivity contribution is 6.09. The largest absolute Gasteiger partial charge is 0.496 e. The molecule has 0 bridgehead atoms. The van der Waals surface area contributed by atoms with Crippen LogP contribution in [0.4, 0.5) is 10.1 Å². The van der Waals surface area contributed by atoms with Gasteiger partial charge in [-0.25, -0.2) is 4.39 Å². The molecule has 0 saturated heterocycles. The fourth-order valence-electron chi connectivity index (χ4n) is 2.85. The molecule has 2 aromatic carbocycles. The van der Waals surface area contributed by atoms with Gasteiger partial charge < -0.3 is 9.64 Å². The first kappa shape index (κ1) is 13.6. The van der Waals surface area contributed by atoms with E-state index in [1.807, 2.05) is 31.2 Å². The first-order valence-corrected chi connectivity index (χ1v) is 6.87. The predicted molar refractivity (Wildman–Crippen MR) is 79.4 cm³/mol. The van der Waals surface area contributed by atoms with E-state index in [1.54, 1.807) is 4.90 Å². The summed E-state index contributed by atoms with van der Waals surface area (Å²) >= 11 is 0. The first-order valence-electron chi connectivity index (χ1n) is 6.87. The summed E-state index contributed by atoms with van der Waals surface area (Å²) in [6.45, 7) is 1.99. The van der Waals surface area contributed by atoms with Crippen molar-refractivity contribution in [2.24, 2.45) is 0 Å². The Morgan fingerprint density at radius 3 is 2.81 bits per heavy atom. The normalized spacial score (nSPS) is 16.7. The average Bonchev–Trinajstić information content (AvgIpc) is 2.82. The molecule has 108 valence electrons. The SMILES string of the molecule is COc1ccc(F)cc1C(=O)N1c2ccccc2CC1C. The molecular weight excluding hydrogens is 269 g/mol. The number of hydrogen-bond acceptors (Lipinski definition) is 2. The Morgan fingerprint density at radius 2 is 2.05 bits per heavy atom. The molecule has 1 heterocycles. The van der Waals surface area contributed by atoms with Crippen LogP contribution in [0.25, 0.3) is 0 Å². The summed E-state index contributed by atoms with van der Waals surface area (Å²) in [5.74, 6) is -0.291. The summed E-state index contributed by atoms with van der Waals surface area (Å²) in [5.41, 5.74) is 2.27. The Labute approximate surface area is 123 Å².